The van der Waals surface area contributed by atoms with Crippen molar-refractivity contribution in [1.82, 2.24) is 0 Å². The summed E-state index contributed by atoms with van der Waals surface area (Å²) in [6, 6.07) is 0. The van der Waals surface area contributed by atoms with Crippen LogP contribution < -0.4 is 0 Å². The van der Waals surface area contributed by atoms with E-state index in [1.54, 1.807) is 0 Å². The van der Waals surface area contributed by atoms with Crippen LogP contribution in [0.5, 0.6) is 0 Å². The zero-order valence-corrected chi connectivity index (χ0v) is 11.0. The molecule has 0 aromatic heterocycles. The Morgan fingerprint density at radius 2 is 1.30 bits per heavy atom. The highest BCUT2D eigenvalue weighted by molar-refractivity contribution is 6.12. The molecule has 1 aliphatic carbocycles. The number of carbonyl (C=O) groups is 4. The molecule has 0 aliphatic heterocycles. The van der Waals surface area contributed by atoms with E-state index >= 15 is 0 Å². The van der Waals surface area contributed by atoms with Crippen molar-refractivity contribution >= 4 is 23.5 Å². The Morgan fingerprint density at radius 1 is 0.950 bits per heavy atom. The topological polar surface area (TPSA) is 86.7 Å². The van der Waals surface area contributed by atoms with E-state index in [-0.39, 0.29) is 26.1 Å². The molecule has 0 N–H and O–H groups in total. The van der Waals surface area contributed by atoms with Crippen molar-refractivity contribution in [3.05, 3.63) is 25.3 Å². The Bertz CT molecular complexity index is 409. The SMILES string of the molecule is C=CCOC(=O)C1CC(=O)C(C(=O)OCC=C)CC1=O. The zero-order valence-electron chi connectivity index (χ0n) is 11.0. The van der Waals surface area contributed by atoms with Crippen LogP contribution >= 0.6 is 0 Å². The molecule has 1 rings (SSSR count). The summed E-state index contributed by atoms with van der Waals surface area (Å²) < 4.78 is 9.50. The average Bonchev–Trinajstić information content (AvgIpc) is 2.44. The van der Waals surface area contributed by atoms with E-state index in [1.807, 2.05) is 0 Å². The Kier molecular flexibility index (Phi) is 5.83. The summed E-state index contributed by atoms with van der Waals surface area (Å²) in [6.45, 7) is 6.70. The highest BCUT2D eigenvalue weighted by Gasteiger charge is 2.43. The van der Waals surface area contributed by atoms with Crippen LogP contribution in [0, 0.1) is 11.8 Å². The van der Waals surface area contributed by atoms with Gasteiger partial charge in [0.15, 0.2) is 0 Å². The maximum atomic E-state index is 11.8. The minimum Gasteiger partial charge on any atom is -0.461 e. The highest BCUT2D eigenvalue weighted by Crippen LogP contribution is 2.25. The Balaban J connectivity index is 2.66. The maximum absolute atomic E-state index is 11.8. The quantitative estimate of drug-likeness (QED) is 0.402. The lowest BCUT2D eigenvalue weighted by molar-refractivity contribution is -0.161. The van der Waals surface area contributed by atoms with E-state index in [4.69, 9.17) is 9.47 Å². The zero-order chi connectivity index (χ0) is 15.1. The number of Topliss-reactive ketones (excluding diaryl/α,β-unsaturated/α-hetero) is 2. The summed E-state index contributed by atoms with van der Waals surface area (Å²) in [5.41, 5.74) is 0. The van der Waals surface area contributed by atoms with Gasteiger partial charge in [-0.1, -0.05) is 25.3 Å². The third kappa shape index (κ3) is 3.88. The van der Waals surface area contributed by atoms with E-state index < -0.39 is 35.3 Å². The minimum absolute atomic E-state index is 0.0262. The second-order valence-electron chi connectivity index (χ2n) is 4.28. The summed E-state index contributed by atoms with van der Waals surface area (Å²) in [6.07, 6.45) is 2.07. The fourth-order valence-electron chi connectivity index (χ4n) is 1.83. The van der Waals surface area contributed by atoms with Crippen LogP contribution in [0.4, 0.5) is 0 Å². The molecule has 6 heteroatoms. The molecule has 2 unspecified atom stereocenters. The average molecular weight is 280 g/mol. The standard InChI is InChI=1S/C14H16O6/c1-3-5-19-13(17)9-7-12(16)10(8-11(9)15)14(18)20-6-4-2/h3-4,9-10H,1-2,5-8H2. The van der Waals surface area contributed by atoms with E-state index in [0.717, 1.165) is 0 Å². The highest BCUT2D eigenvalue weighted by atomic mass is 16.5. The van der Waals surface area contributed by atoms with Gasteiger partial charge in [-0.3, -0.25) is 19.2 Å². The van der Waals surface area contributed by atoms with Crippen molar-refractivity contribution in [3.8, 4) is 0 Å². The van der Waals surface area contributed by atoms with Crippen molar-refractivity contribution in [2.24, 2.45) is 11.8 Å². The third-order valence-corrected chi connectivity index (χ3v) is 2.84. The first kappa shape index (κ1) is 15.8. The number of hydrogen-bond donors (Lipinski definition) is 0. The number of ether oxygens (including phenoxy) is 2. The third-order valence-electron chi connectivity index (χ3n) is 2.84. The molecule has 2 atom stereocenters. The molecule has 108 valence electrons. The van der Waals surface area contributed by atoms with Crippen molar-refractivity contribution < 1.29 is 28.7 Å². The second-order valence-corrected chi connectivity index (χ2v) is 4.28. The predicted molar refractivity (Wildman–Crippen MR) is 68.5 cm³/mol. The van der Waals surface area contributed by atoms with Crippen LogP contribution in [-0.4, -0.2) is 36.7 Å². The molecule has 0 saturated heterocycles. The van der Waals surface area contributed by atoms with Crippen LogP contribution in [0.25, 0.3) is 0 Å². The summed E-state index contributed by atoms with van der Waals surface area (Å²) in [7, 11) is 0. The Morgan fingerprint density at radius 3 is 1.60 bits per heavy atom. The van der Waals surface area contributed by atoms with Crippen LogP contribution in [-0.2, 0) is 28.7 Å². The monoisotopic (exact) mass is 280 g/mol. The van der Waals surface area contributed by atoms with Crippen molar-refractivity contribution in [2.75, 3.05) is 13.2 Å². The summed E-state index contributed by atoms with van der Waals surface area (Å²) >= 11 is 0. The van der Waals surface area contributed by atoms with Crippen molar-refractivity contribution in [2.45, 2.75) is 12.8 Å². The van der Waals surface area contributed by atoms with Gasteiger partial charge in [0.25, 0.3) is 0 Å². The molecule has 0 amide bonds. The van der Waals surface area contributed by atoms with Gasteiger partial charge in [0.2, 0.25) is 0 Å². The molecule has 1 fully saturated rings. The summed E-state index contributed by atoms with van der Waals surface area (Å²) in [5, 5.41) is 0. The van der Waals surface area contributed by atoms with Gasteiger partial charge < -0.3 is 9.47 Å². The number of ketones is 2. The van der Waals surface area contributed by atoms with Gasteiger partial charge >= 0.3 is 11.9 Å². The lowest BCUT2D eigenvalue weighted by Gasteiger charge is -2.23. The summed E-state index contributed by atoms with van der Waals surface area (Å²) in [4.78, 5) is 46.8. The first-order chi connectivity index (χ1) is 9.51. The molecule has 0 aromatic carbocycles. The van der Waals surface area contributed by atoms with Crippen LogP contribution in [0.2, 0.25) is 0 Å². The fourth-order valence-corrected chi connectivity index (χ4v) is 1.83. The van der Waals surface area contributed by atoms with Gasteiger partial charge in [-0.15, -0.1) is 0 Å². The second kappa shape index (κ2) is 7.37. The molecule has 20 heavy (non-hydrogen) atoms. The van der Waals surface area contributed by atoms with Gasteiger partial charge in [-0.25, -0.2) is 0 Å². The molecule has 0 radical (unpaired) electrons. The number of carbonyl (C=O) groups excluding carboxylic acids is 4. The predicted octanol–water partition coefficient (Wildman–Crippen LogP) is 0.609. The first-order valence-corrected chi connectivity index (χ1v) is 6.11. The molecular weight excluding hydrogens is 264 g/mol. The molecule has 0 spiro atoms. The molecule has 0 aromatic rings. The fraction of sp³-hybridized carbons (Fsp3) is 0.429. The Hall–Kier alpha value is -2.24. The van der Waals surface area contributed by atoms with Gasteiger partial charge in [0.05, 0.1) is 0 Å². The minimum atomic E-state index is -1.13. The van der Waals surface area contributed by atoms with Crippen molar-refractivity contribution in [1.29, 1.82) is 0 Å². The van der Waals surface area contributed by atoms with E-state index in [0.29, 0.717) is 0 Å². The largest absolute Gasteiger partial charge is 0.461 e. The lowest BCUT2D eigenvalue weighted by atomic mass is 9.80. The lowest BCUT2D eigenvalue weighted by Crippen LogP contribution is -2.41. The molecule has 0 bridgehead atoms. The van der Waals surface area contributed by atoms with E-state index in [2.05, 4.69) is 13.2 Å². The number of rotatable bonds is 6. The number of hydrogen-bond acceptors (Lipinski definition) is 6. The van der Waals surface area contributed by atoms with Gasteiger partial charge in [-0.2, -0.15) is 0 Å². The van der Waals surface area contributed by atoms with Gasteiger partial charge in [-0.05, 0) is 0 Å². The van der Waals surface area contributed by atoms with Crippen LogP contribution in [0.15, 0.2) is 25.3 Å². The van der Waals surface area contributed by atoms with Gasteiger partial charge in [0, 0.05) is 12.8 Å². The Labute approximate surface area is 116 Å². The molecule has 1 saturated carbocycles. The van der Waals surface area contributed by atoms with Crippen molar-refractivity contribution in [3.63, 3.8) is 0 Å². The number of esters is 2. The normalized spacial score (nSPS) is 22.0. The molecular formula is C14H16O6. The molecule has 1 aliphatic rings. The van der Waals surface area contributed by atoms with E-state index in [1.165, 1.54) is 12.2 Å². The maximum Gasteiger partial charge on any atom is 0.317 e. The molecule has 0 heterocycles. The van der Waals surface area contributed by atoms with Gasteiger partial charge in [0.1, 0.15) is 36.6 Å². The summed E-state index contributed by atoms with van der Waals surface area (Å²) in [5.74, 6) is -4.77. The first-order valence-electron chi connectivity index (χ1n) is 6.11. The van der Waals surface area contributed by atoms with E-state index in [9.17, 15) is 19.2 Å². The van der Waals surface area contributed by atoms with Crippen LogP contribution in [0.1, 0.15) is 12.8 Å². The smallest absolute Gasteiger partial charge is 0.317 e. The van der Waals surface area contributed by atoms with Crippen LogP contribution in [0.3, 0.4) is 0 Å². The molecule has 6 nitrogen and oxygen atoms in total.